The van der Waals surface area contributed by atoms with E-state index in [0.29, 0.717) is 17.6 Å². The average Bonchev–Trinajstić information content (AvgIpc) is 2.61. The number of methoxy groups -OCH3 is 1. The summed E-state index contributed by atoms with van der Waals surface area (Å²) in [6, 6.07) is 14.5. The molecule has 0 radical (unpaired) electrons. The van der Waals surface area contributed by atoms with Gasteiger partial charge in [0, 0.05) is 12.1 Å². The van der Waals surface area contributed by atoms with Gasteiger partial charge >= 0.3 is 0 Å². The highest BCUT2D eigenvalue weighted by molar-refractivity contribution is 5.40. The molecule has 1 N–H and O–H groups in total. The first-order valence-corrected chi connectivity index (χ1v) is 9.10. The van der Waals surface area contributed by atoms with Crippen LogP contribution in [0, 0.1) is 0 Å². The Morgan fingerprint density at radius 3 is 2.00 bits per heavy atom. The second-order valence-electron chi connectivity index (χ2n) is 6.93. The third-order valence-corrected chi connectivity index (χ3v) is 4.93. The van der Waals surface area contributed by atoms with Crippen molar-refractivity contribution < 1.29 is 9.84 Å². The molecule has 2 aromatic rings. The molecule has 2 rings (SSSR count). The summed E-state index contributed by atoms with van der Waals surface area (Å²) in [5, 5.41) is 10.2. The van der Waals surface area contributed by atoms with Gasteiger partial charge < -0.3 is 14.7 Å². The largest absolute Gasteiger partial charge is 0.508 e. The van der Waals surface area contributed by atoms with E-state index in [9.17, 15) is 5.11 Å². The Bertz CT molecular complexity index is 664. The van der Waals surface area contributed by atoms with Crippen LogP contribution in [0.15, 0.2) is 42.5 Å². The number of nitrogens with zero attached hydrogens (tertiary/aromatic N) is 1. The van der Waals surface area contributed by atoms with E-state index in [0.717, 1.165) is 30.7 Å². The van der Waals surface area contributed by atoms with Crippen LogP contribution in [0.3, 0.4) is 0 Å². The number of ether oxygens (including phenoxy) is 1. The summed E-state index contributed by atoms with van der Waals surface area (Å²) in [6.07, 6.45) is 2.14. The highest BCUT2D eigenvalue weighted by Gasteiger charge is 2.23. The molecule has 0 spiro atoms. The molecule has 0 aliphatic carbocycles. The molecule has 25 heavy (non-hydrogen) atoms. The van der Waals surface area contributed by atoms with Crippen molar-refractivity contribution in [2.75, 3.05) is 21.2 Å². The minimum absolute atomic E-state index is 0.379. The van der Waals surface area contributed by atoms with Gasteiger partial charge in [0.2, 0.25) is 0 Å². The number of rotatable bonds is 8. The van der Waals surface area contributed by atoms with E-state index in [1.807, 2.05) is 32.3 Å². The lowest BCUT2D eigenvalue weighted by Gasteiger charge is -2.27. The second-order valence-corrected chi connectivity index (χ2v) is 6.93. The molecule has 0 saturated heterocycles. The smallest absolute Gasteiger partial charge is 0.120 e. The van der Waals surface area contributed by atoms with Crippen molar-refractivity contribution in [2.24, 2.45) is 0 Å². The number of benzene rings is 2. The Balaban J connectivity index is 2.35. The molecule has 0 fully saturated rings. The summed E-state index contributed by atoms with van der Waals surface area (Å²) in [5.41, 5.74) is 3.64. The highest BCUT2D eigenvalue weighted by Crippen LogP contribution is 2.39. The minimum atomic E-state index is 0.379. The molecule has 3 heteroatoms. The predicted molar refractivity (Wildman–Crippen MR) is 105 cm³/mol. The van der Waals surface area contributed by atoms with Gasteiger partial charge in [-0.15, -0.1) is 0 Å². The number of phenols is 1. The van der Waals surface area contributed by atoms with Crippen molar-refractivity contribution >= 4 is 0 Å². The zero-order chi connectivity index (χ0) is 18.4. The fourth-order valence-corrected chi connectivity index (χ4v) is 3.66. The van der Waals surface area contributed by atoms with Crippen molar-refractivity contribution in [2.45, 2.75) is 45.1 Å². The van der Waals surface area contributed by atoms with Crippen molar-refractivity contribution in [3.8, 4) is 11.5 Å². The van der Waals surface area contributed by atoms with Crippen LogP contribution in [0.4, 0.5) is 0 Å². The van der Waals surface area contributed by atoms with Gasteiger partial charge in [0.1, 0.15) is 11.5 Å². The number of hydrogen-bond acceptors (Lipinski definition) is 3. The highest BCUT2D eigenvalue weighted by atomic mass is 16.5. The van der Waals surface area contributed by atoms with Gasteiger partial charge in [0.15, 0.2) is 0 Å². The fraction of sp³-hybridized carbons (Fsp3) is 0.455. The summed E-state index contributed by atoms with van der Waals surface area (Å²) in [5.74, 6) is 2.15. The quantitative estimate of drug-likeness (QED) is 0.721. The van der Waals surface area contributed by atoms with Gasteiger partial charge in [0.25, 0.3) is 0 Å². The Labute approximate surface area is 152 Å². The molecule has 3 nitrogen and oxygen atoms in total. The number of aromatic hydroxyl groups is 1. The lowest BCUT2D eigenvalue weighted by atomic mass is 9.78. The Hall–Kier alpha value is -2.00. The summed E-state index contributed by atoms with van der Waals surface area (Å²) in [7, 11) is 5.75. The SMILES string of the molecule is CC[C@@H](c1ccc(OC)cc1)[C@@H](CC)c1ccc(O)c(CN(C)C)c1. The molecule has 0 aromatic heterocycles. The molecule has 0 unspecified atom stereocenters. The first kappa shape index (κ1) is 19.3. The van der Waals surface area contributed by atoms with Gasteiger partial charge in [-0.2, -0.15) is 0 Å². The maximum absolute atomic E-state index is 10.2. The van der Waals surface area contributed by atoms with E-state index in [-0.39, 0.29) is 0 Å². The Morgan fingerprint density at radius 1 is 0.920 bits per heavy atom. The molecule has 0 saturated carbocycles. The van der Waals surface area contributed by atoms with Crippen molar-refractivity contribution in [3.63, 3.8) is 0 Å². The van der Waals surface area contributed by atoms with Crippen molar-refractivity contribution in [3.05, 3.63) is 59.2 Å². The molecule has 136 valence electrons. The minimum Gasteiger partial charge on any atom is -0.508 e. The standard InChI is InChI=1S/C22H31NO2/c1-6-20(16-8-11-19(25-5)12-9-16)21(7-2)17-10-13-22(24)18(14-17)15-23(3)4/h8-14,20-21,24H,6-7,15H2,1-5H3/t20-,21-/m0/s1. The Morgan fingerprint density at radius 2 is 1.48 bits per heavy atom. The molecule has 2 atom stereocenters. The molecular weight excluding hydrogens is 310 g/mol. The Kier molecular flexibility index (Phi) is 6.89. The molecule has 0 amide bonds. The van der Waals surface area contributed by atoms with Gasteiger partial charge in [-0.25, -0.2) is 0 Å². The molecule has 2 aromatic carbocycles. The van der Waals surface area contributed by atoms with E-state index in [1.165, 1.54) is 11.1 Å². The van der Waals surface area contributed by atoms with Crippen LogP contribution in [0.25, 0.3) is 0 Å². The molecular formula is C22H31NO2. The summed E-state index contributed by atoms with van der Waals surface area (Å²) in [4.78, 5) is 2.08. The lowest BCUT2D eigenvalue weighted by Crippen LogP contribution is -2.13. The fourth-order valence-electron chi connectivity index (χ4n) is 3.66. The van der Waals surface area contributed by atoms with E-state index < -0.39 is 0 Å². The van der Waals surface area contributed by atoms with Crippen LogP contribution in [-0.2, 0) is 6.54 Å². The molecule has 0 bridgehead atoms. The zero-order valence-corrected chi connectivity index (χ0v) is 16.1. The van der Waals surface area contributed by atoms with Crippen LogP contribution in [0.5, 0.6) is 11.5 Å². The summed E-state index contributed by atoms with van der Waals surface area (Å²) in [6.45, 7) is 5.24. The average molecular weight is 341 g/mol. The molecule has 0 aliphatic rings. The maximum atomic E-state index is 10.2. The third kappa shape index (κ3) is 4.76. The van der Waals surface area contributed by atoms with E-state index in [2.05, 4.69) is 43.0 Å². The van der Waals surface area contributed by atoms with Crippen LogP contribution in [0.2, 0.25) is 0 Å². The van der Waals surface area contributed by atoms with Crippen LogP contribution >= 0.6 is 0 Å². The van der Waals surface area contributed by atoms with E-state index in [4.69, 9.17) is 4.74 Å². The van der Waals surface area contributed by atoms with Crippen LogP contribution < -0.4 is 4.74 Å². The number of hydrogen-bond donors (Lipinski definition) is 1. The number of phenolic OH excluding ortho intramolecular Hbond substituents is 1. The first-order chi connectivity index (χ1) is 12.0. The van der Waals surface area contributed by atoms with E-state index in [1.54, 1.807) is 7.11 Å². The van der Waals surface area contributed by atoms with Gasteiger partial charge in [-0.3, -0.25) is 0 Å². The second kappa shape index (κ2) is 8.91. The van der Waals surface area contributed by atoms with Crippen LogP contribution in [0.1, 0.15) is 55.2 Å². The predicted octanol–water partition coefficient (Wildman–Crippen LogP) is 5.15. The maximum Gasteiger partial charge on any atom is 0.120 e. The van der Waals surface area contributed by atoms with Crippen molar-refractivity contribution in [1.82, 2.24) is 4.90 Å². The topological polar surface area (TPSA) is 32.7 Å². The third-order valence-electron chi connectivity index (χ3n) is 4.93. The van der Waals surface area contributed by atoms with E-state index >= 15 is 0 Å². The van der Waals surface area contributed by atoms with Crippen molar-refractivity contribution in [1.29, 1.82) is 0 Å². The molecule has 0 heterocycles. The monoisotopic (exact) mass is 341 g/mol. The first-order valence-electron chi connectivity index (χ1n) is 9.10. The normalized spacial score (nSPS) is 13.7. The summed E-state index contributed by atoms with van der Waals surface area (Å²) < 4.78 is 5.29. The summed E-state index contributed by atoms with van der Waals surface area (Å²) >= 11 is 0. The van der Waals surface area contributed by atoms with Gasteiger partial charge in [-0.05, 0) is 68.1 Å². The zero-order valence-electron chi connectivity index (χ0n) is 16.1. The van der Waals surface area contributed by atoms with Crippen LogP contribution in [-0.4, -0.2) is 31.2 Å². The van der Waals surface area contributed by atoms with Gasteiger partial charge in [-0.1, -0.05) is 38.1 Å². The molecule has 0 aliphatic heterocycles. The lowest BCUT2D eigenvalue weighted by molar-refractivity contribution is 0.385. The van der Waals surface area contributed by atoms with Gasteiger partial charge in [0.05, 0.1) is 7.11 Å².